The van der Waals surface area contributed by atoms with Gasteiger partial charge in [0.25, 0.3) is 0 Å². The third kappa shape index (κ3) is 4.04. The highest BCUT2D eigenvalue weighted by atomic mass is 79.9. The van der Waals surface area contributed by atoms with Gasteiger partial charge in [-0.15, -0.1) is 0 Å². The molecule has 2 rings (SSSR count). The summed E-state index contributed by atoms with van der Waals surface area (Å²) < 4.78 is 48.5. The summed E-state index contributed by atoms with van der Waals surface area (Å²) in [5.74, 6) is -1.62. The molecule has 1 atom stereocenters. The highest BCUT2D eigenvalue weighted by molar-refractivity contribution is 9.10. The second kappa shape index (κ2) is 7.19. The first-order valence-electron chi connectivity index (χ1n) is 6.01. The Morgan fingerprint density at radius 2 is 1.86 bits per heavy atom. The van der Waals surface area contributed by atoms with Crippen molar-refractivity contribution in [1.29, 1.82) is 0 Å². The largest absolute Gasteiger partial charge is 0.294 e. The fraction of sp³-hybridized carbons (Fsp3) is 0.0714. The molecule has 2 aromatic rings. The van der Waals surface area contributed by atoms with Crippen LogP contribution in [-0.4, -0.2) is 14.5 Å². The van der Waals surface area contributed by atoms with Crippen LogP contribution in [0.4, 0.5) is 8.78 Å². The van der Waals surface area contributed by atoms with Crippen LogP contribution in [0.3, 0.4) is 0 Å². The molecule has 0 saturated carbocycles. The summed E-state index contributed by atoms with van der Waals surface area (Å²) in [7, 11) is 0. The lowest BCUT2D eigenvalue weighted by atomic mass is 10.0. The molecule has 22 heavy (non-hydrogen) atoms. The fourth-order valence-corrected chi connectivity index (χ4v) is 2.64. The van der Waals surface area contributed by atoms with Gasteiger partial charge in [-0.3, -0.25) is 9.35 Å². The Kier molecular flexibility index (Phi) is 5.52. The molecule has 0 aliphatic carbocycles. The molecule has 0 aromatic heterocycles. The Balaban J connectivity index is 2.32. The number of halogens is 3. The predicted octanol–water partition coefficient (Wildman–Crippen LogP) is 3.18. The zero-order valence-electron chi connectivity index (χ0n) is 11.0. The van der Waals surface area contributed by atoms with Crippen LogP contribution >= 0.6 is 15.9 Å². The summed E-state index contributed by atoms with van der Waals surface area (Å²) in [6, 6.07) is 7.30. The molecule has 0 heterocycles. The van der Waals surface area contributed by atoms with Crippen LogP contribution in [0.25, 0.3) is 0 Å². The minimum atomic E-state index is -2.26. The van der Waals surface area contributed by atoms with E-state index in [1.54, 1.807) is 0 Å². The molecule has 0 saturated heterocycles. The highest BCUT2D eigenvalue weighted by Crippen LogP contribution is 2.24. The zero-order valence-corrected chi connectivity index (χ0v) is 13.4. The predicted molar refractivity (Wildman–Crippen MR) is 81.5 cm³/mol. The van der Waals surface area contributed by atoms with Crippen molar-refractivity contribution >= 4 is 33.0 Å². The second-order valence-electron chi connectivity index (χ2n) is 4.33. The summed E-state index contributed by atoms with van der Waals surface area (Å²) in [6.45, 7) is -0.168. The van der Waals surface area contributed by atoms with Crippen LogP contribution in [0.5, 0.6) is 0 Å². The van der Waals surface area contributed by atoms with Gasteiger partial charge in [0.2, 0.25) is 11.3 Å². The molecule has 0 radical (unpaired) electrons. The van der Waals surface area contributed by atoms with Crippen molar-refractivity contribution in [2.24, 2.45) is 0 Å². The SMILES string of the molecule is O=C(c1ccc(F)cc1)c1cc(F)c(CNS(=O)O)cc1Br. The van der Waals surface area contributed by atoms with E-state index in [2.05, 4.69) is 20.7 Å². The number of carbonyl (C=O) groups is 1. The number of hydrogen-bond acceptors (Lipinski definition) is 2. The quantitative estimate of drug-likeness (QED) is 0.609. The Labute approximate surface area is 136 Å². The average Bonchev–Trinajstić information content (AvgIpc) is 2.47. The van der Waals surface area contributed by atoms with Gasteiger partial charge in [-0.25, -0.2) is 17.7 Å². The number of benzene rings is 2. The molecule has 8 heteroatoms. The lowest BCUT2D eigenvalue weighted by molar-refractivity contribution is 0.103. The molecule has 0 aliphatic heterocycles. The first kappa shape index (κ1) is 16.9. The fourth-order valence-electron chi connectivity index (χ4n) is 1.79. The summed E-state index contributed by atoms with van der Waals surface area (Å²) in [5.41, 5.74) is 0.437. The number of nitrogens with one attached hydrogen (secondary N) is 1. The minimum absolute atomic E-state index is 0.0815. The second-order valence-corrected chi connectivity index (χ2v) is 5.97. The molecule has 2 aromatic carbocycles. The van der Waals surface area contributed by atoms with Crippen molar-refractivity contribution in [3.05, 3.63) is 69.2 Å². The summed E-state index contributed by atoms with van der Waals surface area (Å²) in [5, 5.41) is 0. The molecule has 1 unspecified atom stereocenters. The first-order valence-corrected chi connectivity index (χ1v) is 7.91. The lowest BCUT2D eigenvalue weighted by Crippen LogP contribution is -2.16. The van der Waals surface area contributed by atoms with Gasteiger partial charge in [0, 0.05) is 27.7 Å². The van der Waals surface area contributed by atoms with Crippen molar-refractivity contribution in [2.75, 3.05) is 0 Å². The third-order valence-electron chi connectivity index (χ3n) is 2.87. The Morgan fingerprint density at radius 1 is 1.23 bits per heavy atom. The highest BCUT2D eigenvalue weighted by Gasteiger charge is 2.16. The average molecular weight is 390 g/mol. The molecule has 0 bridgehead atoms. The van der Waals surface area contributed by atoms with E-state index < -0.39 is 28.7 Å². The molecule has 2 N–H and O–H groups in total. The Bertz CT molecular complexity index is 738. The van der Waals surface area contributed by atoms with E-state index in [1.165, 1.54) is 18.2 Å². The topological polar surface area (TPSA) is 66.4 Å². The van der Waals surface area contributed by atoms with Crippen molar-refractivity contribution < 1.29 is 22.3 Å². The van der Waals surface area contributed by atoms with Gasteiger partial charge in [-0.1, -0.05) is 15.9 Å². The van der Waals surface area contributed by atoms with Gasteiger partial charge in [0.15, 0.2) is 5.78 Å². The maximum atomic E-state index is 14.0. The van der Waals surface area contributed by atoms with Crippen molar-refractivity contribution in [3.8, 4) is 0 Å². The van der Waals surface area contributed by atoms with Crippen LogP contribution in [0, 0.1) is 11.6 Å². The smallest absolute Gasteiger partial charge is 0.232 e. The monoisotopic (exact) mass is 389 g/mol. The van der Waals surface area contributed by atoms with E-state index >= 15 is 0 Å². The van der Waals surface area contributed by atoms with Gasteiger partial charge in [-0.05, 0) is 36.4 Å². The molecule has 0 amide bonds. The maximum Gasteiger partial charge on any atom is 0.232 e. The van der Waals surface area contributed by atoms with E-state index in [0.29, 0.717) is 4.47 Å². The Morgan fingerprint density at radius 3 is 2.45 bits per heavy atom. The third-order valence-corrected chi connectivity index (χ3v) is 3.92. The molecular formula is C14H10BrF2NO3S. The molecule has 0 spiro atoms. The Hall–Kier alpha value is -1.48. The van der Waals surface area contributed by atoms with Gasteiger partial charge >= 0.3 is 0 Å². The van der Waals surface area contributed by atoms with Gasteiger partial charge in [0.05, 0.1) is 0 Å². The number of hydrogen-bond donors (Lipinski definition) is 2. The summed E-state index contributed by atoms with van der Waals surface area (Å²) in [4.78, 5) is 12.3. The van der Waals surface area contributed by atoms with Crippen LogP contribution in [0.1, 0.15) is 21.5 Å². The molecule has 116 valence electrons. The van der Waals surface area contributed by atoms with Crippen LogP contribution in [-0.2, 0) is 17.8 Å². The number of carbonyl (C=O) groups excluding carboxylic acids is 1. The van der Waals surface area contributed by atoms with Gasteiger partial charge in [-0.2, -0.15) is 0 Å². The van der Waals surface area contributed by atoms with E-state index in [9.17, 15) is 17.8 Å². The van der Waals surface area contributed by atoms with Crippen molar-refractivity contribution in [3.63, 3.8) is 0 Å². The van der Waals surface area contributed by atoms with Crippen molar-refractivity contribution in [2.45, 2.75) is 6.54 Å². The molecular weight excluding hydrogens is 380 g/mol. The van der Waals surface area contributed by atoms with Gasteiger partial charge in [0.1, 0.15) is 11.6 Å². The van der Waals surface area contributed by atoms with Crippen LogP contribution in [0.2, 0.25) is 0 Å². The minimum Gasteiger partial charge on any atom is -0.294 e. The normalized spacial score (nSPS) is 12.2. The summed E-state index contributed by atoms with van der Waals surface area (Å²) >= 11 is 0.912. The van der Waals surface area contributed by atoms with Crippen molar-refractivity contribution in [1.82, 2.24) is 4.72 Å². The molecule has 4 nitrogen and oxygen atoms in total. The molecule has 0 aliphatic rings. The van der Waals surface area contributed by atoms with Crippen LogP contribution in [0.15, 0.2) is 40.9 Å². The van der Waals surface area contributed by atoms with E-state index in [4.69, 9.17) is 4.55 Å². The maximum absolute atomic E-state index is 14.0. The van der Waals surface area contributed by atoms with E-state index in [0.717, 1.165) is 18.2 Å². The van der Waals surface area contributed by atoms with Gasteiger partial charge < -0.3 is 0 Å². The first-order chi connectivity index (χ1) is 10.4. The number of ketones is 1. The standard InChI is InChI=1S/C14H10BrF2NO3S/c15-12-5-9(7-18-22(20)21)13(17)6-11(12)14(19)8-1-3-10(16)4-2-8/h1-6,18H,7H2,(H,20,21). The lowest BCUT2D eigenvalue weighted by Gasteiger charge is -2.09. The zero-order chi connectivity index (χ0) is 16.3. The molecule has 0 fully saturated rings. The summed E-state index contributed by atoms with van der Waals surface area (Å²) in [6.07, 6.45) is 0. The van der Waals surface area contributed by atoms with E-state index in [-0.39, 0.29) is 23.2 Å². The number of rotatable bonds is 5. The van der Waals surface area contributed by atoms with Crippen LogP contribution < -0.4 is 4.72 Å². The van der Waals surface area contributed by atoms with E-state index in [1.807, 2.05) is 0 Å².